The predicted octanol–water partition coefficient (Wildman–Crippen LogP) is 4.78. The van der Waals surface area contributed by atoms with Gasteiger partial charge in [-0.1, -0.05) is 54.8 Å². The van der Waals surface area contributed by atoms with Crippen LogP contribution in [0.3, 0.4) is 0 Å². The van der Waals surface area contributed by atoms with Gasteiger partial charge in [0.15, 0.2) is 11.5 Å². The highest BCUT2D eigenvalue weighted by molar-refractivity contribution is 5.89. The van der Waals surface area contributed by atoms with Crippen LogP contribution in [0.25, 0.3) is 11.0 Å². The molecule has 0 spiro atoms. The lowest BCUT2D eigenvalue weighted by atomic mass is 9.94. The number of hydrogen-bond donors (Lipinski definition) is 1. The zero-order valence-corrected chi connectivity index (χ0v) is 23.7. The molecule has 1 saturated carbocycles. The fourth-order valence-electron chi connectivity index (χ4n) is 5.73. The van der Waals surface area contributed by atoms with Gasteiger partial charge in [-0.2, -0.15) is 0 Å². The number of hydrogen-bond acceptors (Lipinski definition) is 7. The van der Waals surface area contributed by atoms with E-state index in [0.717, 1.165) is 36.8 Å². The van der Waals surface area contributed by atoms with E-state index in [2.05, 4.69) is 15.6 Å². The Kier molecular flexibility index (Phi) is 8.21. The van der Waals surface area contributed by atoms with Crippen molar-refractivity contribution in [3.05, 3.63) is 77.9 Å². The summed E-state index contributed by atoms with van der Waals surface area (Å²) in [5.41, 5.74) is 2.96. The molecule has 1 aromatic heterocycles. The lowest BCUT2D eigenvalue weighted by molar-refractivity contribution is -0.142. The summed E-state index contributed by atoms with van der Waals surface area (Å²) in [6.07, 6.45) is 5.20. The third-order valence-electron chi connectivity index (χ3n) is 7.83. The maximum Gasteiger partial charge on any atom is 0.247 e. The third-order valence-corrected chi connectivity index (χ3v) is 7.83. The van der Waals surface area contributed by atoms with Crippen molar-refractivity contribution in [1.82, 2.24) is 25.2 Å². The van der Waals surface area contributed by atoms with E-state index in [1.54, 1.807) is 9.58 Å². The predicted molar refractivity (Wildman–Crippen MR) is 156 cm³/mol. The minimum absolute atomic E-state index is 0.0741. The number of amides is 2. The van der Waals surface area contributed by atoms with E-state index in [9.17, 15) is 9.59 Å². The number of para-hydroxylation sites is 1. The molecule has 3 aromatic carbocycles. The van der Waals surface area contributed by atoms with Crippen LogP contribution in [0.1, 0.15) is 56.2 Å². The van der Waals surface area contributed by atoms with Crippen LogP contribution in [0, 0.1) is 0 Å². The van der Waals surface area contributed by atoms with E-state index < -0.39 is 6.04 Å². The summed E-state index contributed by atoms with van der Waals surface area (Å²) in [5.74, 6) is 1.51. The average Bonchev–Trinajstić information content (AvgIpc) is 3.65. The molecule has 1 fully saturated rings. The molecule has 0 unspecified atom stereocenters. The first-order valence-electron chi connectivity index (χ1n) is 14.6. The van der Waals surface area contributed by atoms with E-state index in [4.69, 9.17) is 14.2 Å². The van der Waals surface area contributed by atoms with Crippen LogP contribution in [0.4, 0.5) is 0 Å². The zero-order valence-electron chi connectivity index (χ0n) is 23.7. The molecular weight excluding hydrogens is 534 g/mol. The highest BCUT2D eigenvalue weighted by Crippen LogP contribution is 2.34. The molecule has 0 bridgehead atoms. The largest absolute Gasteiger partial charge is 0.494 e. The number of aromatic nitrogens is 3. The molecule has 0 radical (unpaired) electrons. The van der Waals surface area contributed by atoms with E-state index >= 15 is 0 Å². The molecule has 4 aromatic rings. The maximum absolute atomic E-state index is 14.2. The number of carbonyl (C=O) groups is 2. The van der Waals surface area contributed by atoms with Gasteiger partial charge in [0.1, 0.15) is 23.9 Å². The minimum atomic E-state index is -0.879. The summed E-state index contributed by atoms with van der Waals surface area (Å²) < 4.78 is 18.3. The quantitative estimate of drug-likeness (QED) is 0.293. The second-order valence-electron chi connectivity index (χ2n) is 10.7. The van der Waals surface area contributed by atoms with Gasteiger partial charge in [-0.05, 0) is 67.3 Å². The van der Waals surface area contributed by atoms with Gasteiger partial charge in [0.05, 0.1) is 12.1 Å². The Hall–Kier alpha value is -4.60. The van der Waals surface area contributed by atoms with Gasteiger partial charge in [-0.15, -0.1) is 5.10 Å². The normalized spacial score (nSPS) is 15.4. The lowest BCUT2D eigenvalue weighted by Gasteiger charge is -2.33. The van der Waals surface area contributed by atoms with Crippen LogP contribution in [0.15, 0.2) is 66.7 Å². The Bertz CT molecular complexity index is 1550. The third kappa shape index (κ3) is 6.02. The van der Waals surface area contributed by atoms with E-state index in [1.165, 1.54) is 6.42 Å². The Morgan fingerprint density at radius 2 is 1.81 bits per heavy atom. The molecular formula is C32H35N5O5. The van der Waals surface area contributed by atoms with Gasteiger partial charge in [0.25, 0.3) is 0 Å². The average molecular weight is 570 g/mol. The monoisotopic (exact) mass is 569 g/mol. The van der Waals surface area contributed by atoms with Crippen LogP contribution in [-0.2, 0) is 22.7 Å². The molecule has 6 rings (SSSR count). The van der Waals surface area contributed by atoms with E-state index in [1.807, 2.05) is 73.7 Å². The topological polar surface area (TPSA) is 108 Å². The van der Waals surface area contributed by atoms with Gasteiger partial charge in [-0.25, -0.2) is 4.68 Å². The SMILES string of the molecule is CCOc1ccc([C@@H](C(=O)NC2CCCCC2)N(Cc2ccc3c(c2)OCO3)C(=O)Cn2nnc3ccccc32)cc1. The van der Waals surface area contributed by atoms with Crippen molar-refractivity contribution in [2.24, 2.45) is 0 Å². The number of carbonyl (C=O) groups excluding carboxylic acids is 2. The van der Waals surface area contributed by atoms with Crippen LogP contribution in [0.2, 0.25) is 0 Å². The standard InChI is InChI=1S/C32H35N5O5/c1-2-40-25-15-13-23(14-16-25)31(32(39)33-24-8-4-3-5-9-24)36(19-22-12-17-28-29(18-22)42-21-41-28)30(38)20-37-27-11-7-6-10-26(27)34-35-37/h6-7,10-18,24,31H,2-5,8-9,19-21H2,1H3,(H,33,39)/t31-/m0/s1. The maximum atomic E-state index is 14.2. The van der Waals surface area contributed by atoms with Crippen molar-refractivity contribution in [3.63, 3.8) is 0 Å². The van der Waals surface area contributed by atoms with Crippen molar-refractivity contribution in [1.29, 1.82) is 0 Å². The van der Waals surface area contributed by atoms with Gasteiger partial charge in [0, 0.05) is 12.6 Å². The van der Waals surface area contributed by atoms with Crippen LogP contribution >= 0.6 is 0 Å². The van der Waals surface area contributed by atoms with Gasteiger partial charge >= 0.3 is 0 Å². The number of nitrogens with one attached hydrogen (secondary N) is 1. The molecule has 0 saturated heterocycles. The molecule has 2 aliphatic rings. The molecule has 2 heterocycles. The summed E-state index contributed by atoms with van der Waals surface area (Å²) in [5, 5.41) is 11.7. The first-order valence-corrected chi connectivity index (χ1v) is 14.6. The minimum Gasteiger partial charge on any atom is -0.494 e. The summed E-state index contributed by atoms with van der Waals surface area (Å²) >= 11 is 0. The smallest absolute Gasteiger partial charge is 0.247 e. The molecule has 218 valence electrons. The molecule has 1 atom stereocenters. The van der Waals surface area contributed by atoms with Crippen LogP contribution in [-0.4, -0.2) is 51.1 Å². The molecule has 42 heavy (non-hydrogen) atoms. The van der Waals surface area contributed by atoms with Crippen LogP contribution in [0.5, 0.6) is 17.2 Å². The first kappa shape index (κ1) is 27.6. The summed E-state index contributed by atoms with van der Waals surface area (Å²) in [4.78, 5) is 30.0. The fraction of sp³-hybridized carbons (Fsp3) is 0.375. The van der Waals surface area contributed by atoms with Crippen molar-refractivity contribution >= 4 is 22.8 Å². The fourth-order valence-corrected chi connectivity index (χ4v) is 5.73. The summed E-state index contributed by atoms with van der Waals surface area (Å²) in [7, 11) is 0. The number of benzene rings is 3. The molecule has 1 aliphatic heterocycles. The number of rotatable bonds is 10. The lowest BCUT2D eigenvalue weighted by Crippen LogP contribution is -2.47. The number of ether oxygens (including phenoxy) is 3. The Morgan fingerprint density at radius 1 is 1.02 bits per heavy atom. The van der Waals surface area contributed by atoms with Crippen molar-refractivity contribution in [2.45, 2.75) is 64.2 Å². The molecule has 2 amide bonds. The highest BCUT2D eigenvalue weighted by Gasteiger charge is 2.34. The number of nitrogens with zero attached hydrogens (tertiary/aromatic N) is 4. The van der Waals surface area contributed by atoms with Crippen molar-refractivity contribution < 1.29 is 23.8 Å². The van der Waals surface area contributed by atoms with Gasteiger partial charge in [-0.3, -0.25) is 9.59 Å². The van der Waals surface area contributed by atoms with Gasteiger partial charge in [0.2, 0.25) is 18.6 Å². The van der Waals surface area contributed by atoms with Crippen LogP contribution < -0.4 is 19.5 Å². The molecule has 1 aliphatic carbocycles. The van der Waals surface area contributed by atoms with Crippen molar-refractivity contribution in [3.8, 4) is 17.2 Å². The van der Waals surface area contributed by atoms with E-state index in [-0.39, 0.29) is 37.7 Å². The van der Waals surface area contributed by atoms with Crippen molar-refractivity contribution in [2.75, 3.05) is 13.4 Å². The highest BCUT2D eigenvalue weighted by atomic mass is 16.7. The Morgan fingerprint density at radius 3 is 2.62 bits per heavy atom. The second-order valence-corrected chi connectivity index (χ2v) is 10.7. The molecule has 1 N–H and O–H groups in total. The Labute approximate surface area is 244 Å². The second kappa shape index (κ2) is 12.5. The Balaban J connectivity index is 1.37. The summed E-state index contributed by atoms with van der Waals surface area (Å²) in [6, 6.07) is 19.7. The van der Waals surface area contributed by atoms with E-state index in [0.29, 0.717) is 34.9 Å². The zero-order chi connectivity index (χ0) is 28.9. The molecule has 10 nitrogen and oxygen atoms in total. The number of fused-ring (bicyclic) bond motifs is 2. The summed E-state index contributed by atoms with van der Waals surface area (Å²) in [6.45, 7) is 2.71. The molecule has 10 heteroatoms. The van der Waals surface area contributed by atoms with Gasteiger partial charge < -0.3 is 24.4 Å². The first-order chi connectivity index (χ1) is 20.6.